The van der Waals surface area contributed by atoms with Crippen LogP contribution in [-0.2, 0) is 6.54 Å². The summed E-state index contributed by atoms with van der Waals surface area (Å²) in [5, 5.41) is 0. The quantitative estimate of drug-likeness (QED) is 0.552. The Labute approximate surface area is 188 Å². The van der Waals surface area contributed by atoms with Crippen molar-refractivity contribution in [3.63, 3.8) is 0 Å². The Kier molecular flexibility index (Phi) is 6.92. The fourth-order valence-corrected chi connectivity index (χ4v) is 3.85. The number of rotatable bonds is 7. The van der Waals surface area contributed by atoms with E-state index < -0.39 is 0 Å². The summed E-state index contributed by atoms with van der Waals surface area (Å²) in [5.41, 5.74) is 1.81. The summed E-state index contributed by atoms with van der Waals surface area (Å²) < 4.78 is 16.5. The van der Waals surface area contributed by atoms with Crippen molar-refractivity contribution >= 4 is 5.91 Å². The number of carbonyl (C=O) groups is 1. The van der Waals surface area contributed by atoms with Gasteiger partial charge in [0.15, 0.2) is 11.5 Å². The molecule has 6 nitrogen and oxygen atoms in total. The topological polar surface area (TPSA) is 51.2 Å². The Hall–Kier alpha value is -3.51. The highest BCUT2D eigenvalue weighted by Gasteiger charge is 2.23. The first kappa shape index (κ1) is 21.7. The Bertz CT molecular complexity index is 1050. The smallest absolute Gasteiger partial charge is 0.254 e. The lowest BCUT2D eigenvalue weighted by Gasteiger charge is -2.35. The molecule has 1 saturated heterocycles. The van der Waals surface area contributed by atoms with Crippen molar-refractivity contribution in [1.29, 1.82) is 0 Å². The van der Waals surface area contributed by atoms with Crippen LogP contribution in [0.2, 0.25) is 0 Å². The predicted octanol–water partition coefficient (Wildman–Crippen LogP) is 4.45. The summed E-state index contributed by atoms with van der Waals surface area (Å²) in [4.78, 5) is 17.2. The van der Waals surface area contributed by atoms with Gasteiger partial charge in [0, 0.05) is 38.3 Å². The van der Waals surface area contributed by atoms with Gasteiger partial charge >= 0.3 is 0 Å². The minimum Gasteiger partial charge on any atom is -0.493 e. The van der Waals surface area contributed by atoms with Gasteiger partial charge in [-0.2, -0.15) is 0 Å². The number of amides is 1. The van der Waals surface area contributed by atoms with E-state index in [1.807, 2.05) is 47.4 Å². The van der Waals surface area contributed by atoms with Crippen LogP contribution >= 0.6 is 0 Å². The second-order valence-corrected chi connectivity index (χ2v) is 7.70. The molecule has 1 heterocycles. The van der Waals surface area contributed by atoms with E-state index >= 15 is 0 Å². The summed E-state index contributed by atoms with van der Waals surface area (Å²) in [7, 11) is 3.16. The van der Waals surface area contributed by atoms with E-state index in [9.17, 15) is 4.79 Å². The highest BCUT2D eigenvalue weighted by Crippen LogP contribution is 2.28. The molecule has 0 N–H and O–H groups in total. The lowest BCUT2D eigenvalue weighted by atomic mass is 10.1. The molecule has 6 heteroatoms. The lowest BCUT2D eigenvalue weighted by molar-refractivity contribution is 0.0628. The standard InChI is InChI=1S/C26H28N2O4/c1-30-24-12-11-21(18-25(24)31-2)26(29)28-15-13-27(14-16-28)19-20-7-6-10-23(17-20)32-22-8-4-3-5-9-22/h3-12,17-18H,13-16,19H2,1-2H3. The number of ether oxygens (including phenoxy) is 3. The average Bonchev–Trinajstić information content (AvgIpc) is 2.84. The largest absolute Gasteiger partial charge is 0.493 e. The first-order valence-electron chi connectivity index (χ1n) is 10.7. The zero-order valence-corrected chi connectivity index (χ0v) is 18.5. The van der Waals surface area contributed by atoms with Gasteiger partial charge in [-0.05, 0) is 48.0 Å². The van der Waals surface area contributed by atoms with Crippen LogP contribution in [-0.4, -0.2) is 56.1 Å². The zero-order chi connectivity index (χ0) is 22.3. The van der Waals surface area contributed by atoms with Crippen LogP contribution in [0, 0.1) is 0 Å². The summed E-state index contributed by atoms with van der Waals surface area (Å²) >= 11 is 0. The van der Waals surface area contributed by atoms with Crippen molar-refractivity contribution in [3.8, 4) is 23.0 Å². The molecule has 166 valence electrons. The second-order valence-electron chi connectivity index (χ2n) is 7.70. The fraction of sp³-hybridized carbons (Fsp3) is 0.269. The van der Waals surface area contributed by atoms with E-state index in [1.165, 1.54) is 5.56 Å². The fourth-order valence-electron chi connectivity index (χ4n) is 3.85. The van der Waals surface area contributed by atoms with Crippen LogP contribution in [0.3, 0.4) is 0 Å². The first-order chi connectivity index (χ1) is 15.7. The second kappa shape index (κ2) is 10.2. The zero-order valence-electron chi connectivity index (χ0n) is 18.5. The number of benzene rings is 3. The van der Waals surface area contributed by atoms with Crippen molar-refractivity contribution in [3.05, 3.63) is 83.9 Å². The third-order valence-corrected chi connectivity index (χ3v) is 5.57. The highest BCUT2D eigenvalue weighted by atomic mass is 16.5. The van der Waals surface area contributed by atoms with Crippen LogP contribution in [0.25, 0.3) is 0 Å². The lowest BCUT2D eigenvalue weighted by Crippen LogP contribution is -2.48. The van der Waals surface area contributed by atoms with Crippen molar-refractivity contribution in [1.82, 2.24) is 9.80 Å². The van der Waals surface area contributed by atoms with E-state index in [4.69, 9.17) is 14.2 Å². The molecule has 0 spiro atoms. The maximum atomic E-state index is 12.9. The van der Waals surface area contributed by atoms with Crippen LogP contribution in [0.15, 0.2) is 72.8 Å². The maximum Gasteiger partial charge on any atom is 0.254 e. The summed E-state index contributed by atoms with van der Waals surface area (Å²) in [6.07, 6.45) is 0. The molecular weight excluding hydrogens is 404 g/mol. The molecule has 0 unspecified atom stereocenters. The van der Waals surface area contributed by atoms with Crippen LogP contribution in [0.1, 0.15) is 15.9 Å². The first-order valence-corrected chi connectivity index (χ1v) is 10.7. The van der Waals surface area contributed by atoms with Crippen molar-refractivity contribution in [2.45, 2.75) is 6.54 Å². The van der Waals surface area contributed by atoms with Crippen LogP contribution in [0.5, 0.6) is 23.0 Å². The number of para-hydroxylation sites is 1. The third-order valence-electron chi connectivity index (χ3n) is 5.57. The number of piperazine rings is 1. The number of hydrogen-bond donors (Lipinski definition) is 0. The summed E-state index contributed by atoms with van der Waals surface area (Å²) in [5.74, 6) is 2.86. The Morgan fingerprint density at radius 3 is 2.22 bits per heavy atom. The molecule has 4 rings (SSSR count). The highest BCUT2D eigenvalue weighted by molar-refractivity contribution is 5.95. The van der Waals surface area contributed by atoms with Gasteiger partial charge in [-0.1, -0.05) is 30.3 Å². The number of carbonyl (C=O) groups excluding carboxylic acids is 1. The molecule has 3 aromatic rings. The molecule has 0 aliphatic carbocycles. The number of methoxy groups -OCH3 is 2. The maximum absolute atomic E-state index is 12.9. The van der Waals surface area contributed by atoms with Crippen molar-refractivity contribution < 1.29 is 19.0 Å². The minimum absolute atomic E-state index is 0.0175. The molecule has 0 saturated carbocycles. The molecule has 1 aliphatic rings. The van der Waals surface area contributed by atoms with E-state index in [0.29, 0.717) is 30.2 Å². The Balaban J connectivity index is 1.33. The molecule has 1 aliphatic heterocycles. The monoisotopic (exact) mass is 432 g/mol. The van der Waals surface area contributed by atoms with Gasteiger partial charge in [-0.15, -0.1) is 0 Å². The summed E-state index contributed by atoms with van der Waals surface area (Å²) in [6.45, 7) is 3.84. The molecule has 1 fully saturated rings. The van der Waals surface area contributed by atoms with E-state index in [2.05, 4.69) is 17.0 Å². The minimum atomic E-state index is 0.0175. The van der Waals surface area contributed by atoms with Gasteiger partial charge in [0.05, 0.1) is 14.2 Å². The van der Waals surface area contributed by atoms with E-state index in [-0.39, 0.29) is 5.91 Å². The SMILES string of the molecule is COc1ccc(C(=O)N2CCN(Cc3cccc(Oc4ccccc4)c3)CC2)cc1OC. The molecule has 0 aromatic heterocycles. The van der Waals surface area contributed by atoms with Crippen molar-refractivity contribution in [2.75, 3.05) is 40.4 Å². The molecular formula is C26H28N2O4. The van der Waals surface area contributed by atoms with Gasteiger partial charge < -0.3 is 19.1 Å². The molecule has 0 radical (unpaired) electrons. The van der Waals surface area contributed by atoms with Gasteiger partial charge in [-0.25, -0.2) is 0 Å². The molecule has 0 atom stereocenters. The normalized spacial score (nSPS) is 14.1. The van der Waals surface area contributed by atoms with E-state index in [1.54, 1.807) is 32.4 Å². The molecule has 32 heavy (non-hydrogen) atoms. The van der Waals surface area contributed by atoms with Gasteiger partial charge in [0.25, 0.3) is 5.91 Å². The van der Waals surface area contributed by atoms with E-state index in [0.717, 1.165) is 31.1 Å². The molecule has 0 bridgehead atoms. The average molecular weight is 433 g/mol. The van der Waals surface area contributed by atoms with Gasteiger partial charge in [0.2, 0.25) is 0 Å². The summed E-state index contributed by atoms with van der Waals surface area (Å²) in [6, 6.07) is 23.3. The Morgan fingerprint density at radius 1 is 0.781 bits per heavy atom. The third kappa shape index (κ3) is 5.21. The van der Waals surface area contributed by atoms with Gasteiger partial charge in [-0.3, -0.25) is 9.69 Å². The molecule has 1 amide bonds. The number of hydrogen-bond acceptors (Lipinski definition) is 5. The predicted molar refractivity (Wildman–Crippen MR) is 124 cm³/mol. The van der Waals surface area contributed by atoms with Crippen LogP contribution in [0.4, 0.5) is 0 Å². The molecule has 3 aromatic carbocycles. The van der Waals surface area contributed by atoms with Gasteiger partial charge in [0.1, 0.15) is 11.5 Å². The number of nitrogens with zero attached hydrogens (tertiary/aromatic N) is 2. The van der Waals surface area contributed by atoms with Crippen molar-refractivity contribution in [2.24, 2.45) is 0 Å². The van der Waals surface area contributed by atoms with Crippen LogP contribution < -0.4 is 14.2 Å². The Morgan fingerprint density at radius 2 is 1.50 bits per heavy atom.